The second kappa shape index (κ2) is 16.1. The molecule has 2 saturated carbocycles. The van der Waals surface area contributed by atoms with E-state index in [0.717, 1.165) is 19.3 Å². The van der Waals surface area contributed by atoms with Crippen molar-refractivity contribution in [3.8, 4) is 11.1 Å². The smallest absolute Gasteiger partial charge is 0.252 e. The molecule has 2 aliphatic carbocycles. The molecule has 6 aliphatic rings. The van der Waals surface area contributed by atoms with Gasteiger partial charge in [0.15, 0.2) is 0 Å². The fourth-order valence-corrected chi connectivity index (χ4v) is 17.6. The van der Waals surface area contributed by atoms with Gasteiger partial charge in [-0.25, -0.2) is 0 Å². The molecule has 0 aromatic heterocycles. The Morgan fingerprint density at radius 3 is 1.83 bits per heavy atom. The number of hydrogen-bond donors (Lipinski definition) is 0. The van der Waals surface area contributed by atoms with Gasteiger partial charge in [0.1, 0.15) is 0 Å². The Morgan fingerprint density at radius 2 is 1.15 bits per heavy atom. The fraction of sp³-hybridized carbons (Fsp3) is 0.400. The Hall–Kier alpha value is -5.78. The van der Waals surface area contributed by atoms with Gasteiger partial charge in [0.2, 0.25) is 0 Å². The van der Waals surface area contributed by atoms with Crippen LogP contribution in [0.5, 0.6) is 0 Å². The molecule has 0 saturated heterocycles. The first-order valence-electron chi connectivity index (χ1n) is 28.8. The first-order chi connectivity index (χ1) is 35.5. The van der Waals surface area contributed by atoms with E-state index in [-0.39, 0.29) is 39.5 Å². The van der Waals surface area contributed by atoms with E-state index in [2.05, 4.69) is 244 Å². The van der Waals surface area contributed by atoms with Gasteiger partial charge in [0, 0.05) is 50.5 Å². The number of benzene rings is 7. The van der Waals surface area contributed by atoms with Crippen molar-refractivity contribution in [2.24, 2.45) is 0 Å². The summed E-state index contributed by atoms with van der Waals surface area (Å²) in [7, 11) is -1.87. The minimum Gasteiger partial charge on any atom is -0.335 e. The van der Waals surface area contributed by atoms with Gasteiger partial charge in [0.05, 0.1) is 24.8 Å². The van der Waals surface area contributed by atoms with Crippen LogP contribution in [0.2, 0.25) is 19.6 Å². The predicted octanol–water partition coefficient (Wildman–Crippen LogP) is 16.2. The summed E-state index contributed by atoms with van der Waals surface area (Å²) in [5, 5.41) is 1.58. The number of nitrogens with zero attached hydrogens (tertiary/aromatic N) is 3. The maximum atomic E-state index is 3.01. The number of anilines is 7. The Bertz CT molecular complexity index is 3500. The highest BCUT2D eigenvalue weighted by molar-refractivity contribution is 7.01. The van der Waals surface area contributed by atoms with Gasteiger partial charge in [-0.3, -0.25) is 0 Å². The molecule has 3 nitrogen and oxygen atoms in total. The lowest BCUT2D eigenvalue weighted by Crippen LogP contribution is -2.65. The van der Waals surface area contributed by atoms with Gasteiger partial charge >= 0.3 is 0 Å². The first-order valence-corrected chi connectivity index (χ1v) is 32.3. The largest absolute Gasteiger partial charge is 0.335 e. The third kappa shape index (κ3) is 6.64. The highest BCUT2D eigenvalue weighted by atomic mass is 28.3. The van der Waals surface area contributed by atoms with Crippen LogP contribution in [0.25, 0.3) is 11.1 Å². The molecule has 2 fully saturated rings. The van der Waals surface area contributed by atoms with E-state index in [4.69, 9.17) is 0 Å². The normalized spacial score (nSPS) is 24.3. The van der Waals surface area contributed by atoms with Gasteiger partial charge in [-0.2, -0.15) is 0 Å². The van der Waals surface area contributed by atoms with Crippen LogP contribution in [-0.4, -0.2) is 25.9 Å². The van der Waals surface area contributed by atoms with E-state index in [1.54, 1.807) is 16.3 Å². The summed E-state index contributed by atoms with van der Waals surface area (Å²) in [5.41, 5.74) is 26.0. The molecule has 5 heteroatoms. The fourth-order valence-electron chi connectivity index (χ4n) is 16.5. The summed E-state index contributed by atoms with van der Waals surface area (Å²) in [5.74, 6) is 0. The maximum Gasteiger partial charge on any atom is 0.252 e. The second-order valence-corrected chi connectivity index (χ2v) is 33.0. The quantitative estimate of drug-likeness (QED) is 0.159. The summed E-state index contributed by atoms with van der Waals surface area (Å²) in [6, 6.07) is 54.2. The van der Waals surface area contributed by atoms with E-state index in [9.17, 15) is 0 Å². The summed E-state index contributed by atoms with van der Waals surface area (Å²) in [6.45, 7) is 34.7. The monoisotopic (exact) mass is 1000 g/mol. The summed E-state index contributed by atoms with van der Waals surface area (Å²) >= 11 is 0. The van der Waals surface area contributed by atoms with Crippen LogP contribution in [0.3, 0.4) is 0 Å². The molecule has 7 aromatic carbocycles. The minimum absolute atomic E-state index is 0.00537. The van der Waals surface area contributed by atoms with E-state index >= 15 is 0 Å². The maximum absolute atomic E-state index is 3.01. The number of rotatable bonds is 5. The lowest BCUT2D eigenvalue weighted by molar-refractivity contribution is 0.194. The Kier molecular flexibility index (Phi) is 10.5. The third-order valence-electron chi connectivity index (χ3n) is 20.5. The average Bonchev–Trinajstić information content (AvgIpc) is 3.79. The van der Waals surface area contributed by atoms with Crippen LogP contribution >= 0.6 is 0 Å². The minimum atomic E-state index is -1.87. The Labute approximate surface area is 451 Å². The Morgan fingerprint density at radius 1 is 0.533 bits per heavy atom. The van der Waals surface area contributed by atoms with Crippen molar-refractivity contribution in [3.05, 3.63) is 172 Å². The average molecular weight is 1000 g/mol. The standard InChI is InChI=1S/C70H80BN3Si/c1-45-37-46(2)62-59(38-45)73(68(10)34-22-21-33-67(62,68)9)51-41-60-63-61(42-51)74-64-54(70(48-27-19-16-20-28-48)36-24-23-35-69(70,74)11)43-52(75(12,13)14)44-56(64)71(63)55-40-50(66(6,7)8)30-32-58(55)72(60)57-31-29-49(65(3,4)5)39-53(57)47-25-17-15-18-26-47/h15-20,25-32,37-44H,21-24,33-36H2,1-14H3. The molecular weight excluding hydrogens is 922 g/mol. The molecule has 0 bridgehead atoms. The van der Waals surface area contributed by atoms with E-state index in [1.165, 1.54) is 127 Å². The molecule has 0 N–H and O–H groups in total. The van der Waals surface area contributed by atoms with Crippen LogP contribution in [0, 0.1) is 13.8 Å². The molecule has 0 spiro atoms. The lowest BCUT2D eigenvalue weighted by Gasteiger charge is -2.55. The first kappa shape index (κ1) is 48.8. The van der Waals surface area contributed by atoms with Crippen LogP contribution in [0.4, 0.5) is 39.8 Å². The van der Waals surface area contributed by atoms with E-state index in [1.807, 2.05) is 0 Å². The molecule has 4 unspecified atom stereocenters. The number of aryl methyl sites for hydroxylation is 2. The van der Waals surface area contributed by atoms with Crippen LogP contribution in [-0.2, 0) is 21.7 Å². The highest BCUT2D eigenvalue weighted by Crippen LogP contribution is 2.67. The highest BCUT2D eigenvalue weighted by Gasteiger charge is 2.65. The molecule has 0 amide bonds. The van der Waals surface area contributed by atoms with E-state index < -0.39 is 8.07 Å². The predicted molar refractivity (Wildman–Crippen MR) is 327 cm³/mol. The van der Waals surface area contributed by atoms with Crippen LogP contribution in [0.1, 0.15) is 153 Å². The molecule has 75 heavy (non-hydrogen) atoms. The number of hydrogen-bond acceptors (Lipinski definition) is 3. The molecule has 13 rings (SSSR count). The van der Waals surface area contributed by atoms with Gasteiger partial charge in [-0.05, 0) is 162 Å². The van der Waals surface area contributed by atoms with Gasteiger partial charge < -0.3 is 14.7 Å². The molecular formula is C70H80BN3Si. The molecule has 0 radical (unpaired) electrons. The lowest BCUT2D eigenvalue weighted by atomic mass is 9.33. The number of fused-ring (bicyclic) bond motifs is 10. The molecule has 4 aliphatic heterocycles. The van der Waals surface area contributed by atoms with Crippen molar-refractivity contribution < 1.29 is 0 Å². The molecule has 4 heterocycles. The zero-order valence-corrected chi connectivity index (χ0v) is 48.8. The summed E-state index contributed by atoms with van der Waals surface area (Å²) in [6.07, 6.45) is 9.58. The second-order valence-electron chi connectivity index (χ2n) is 28.0. The molecule has 4 atom stereocenters. The van der Waals surface area contributed by atoms with Crippen molar-refractivity contribution in [2.45, 2.75) is 180 Å². The third-order valence-corrected chi connectivity index (χ3v) is 22.5. The van der Waals surface area contributed by atoms with Gasteiger partial charge in [-0.15, -0.1) is 0 Å². The topological polar surface area (TPSA) is 9.72 Å². The van der Waals surface area contributed by atoms with Crippen LogP contribution < -0.4 is 36.3 Å². The van der Waals surface area contributed by atoms with E-state index in [0.29, 0.717) is 0 Å². The van der Waals surface area contributed by atoms with Crippen molar-refractivity contribution in [2.75, 3.05) is 14.7 Å². The van der Waals surface area contributed by atoms with Crippen molar-refractivity contribution >= 4 is 76.2 Å². The van der Waals surface area contributed by atoms with Gasteiger partial charge in [-0.1, -0.05) is 196 Å². The SMILES string of the molecule is Cc1cc(C)c2c(c1)N(c1cc3c4c(c1)N1c5c(cc([Si](C)(C)C)cc5C5(c6ccccc6)CCCCC15C)B4c1cc(C(C)(C)C)ccc1N3c1ccc(C(C)(C)C)cc1-c1ccccc1)C1(C)CCCCC21C. The summed E-state index contributed by atoms with van der Waals surface area (Å²) in [4.78, 5) is 8.67. The molecule has 382 valence electrons. The Balaban J connectivity index is 1.22. The summed E-state index contributed by atoms with van der Waals surface area (Å²) < 4.78 is 0. The van der Waals surface area contributed by atoms with Gasteiger partial charge in [0.25, 0.3) is 6.71 Å². The van der Waals surface area contributed by atoms with Crippen molar-refractivity contribution in [1.29, 1.82) is 0 Å². The zero-order chi connectivity index (χ0) is 52.6. The molecule has 7 aromatic rings. The van der Waals surface area contributed by atoms with Crippen LogP contribution in [0.15, 0.2) is 133 Å². The van der Waals surface area contributed by atoms with Crippen molar-refractivity contribution in [1.82, 2.24) is 0 Å². The van der Waals surface area contributed by atoms with Crippen molar-refractivity contribution in [3.63, 3.8) is 0 Å². The zero-order valence-electron chi connectivity index (χ0n) is 47.8.